The van der Waals surface area contributed by atoms with E-state index >= 15 is 0 Å². The van der Waals surface area contributed by atoms with Crippen LogP contribution < -0.4 is 4.74 Å². The minimum Gasteiger partial charge on any atom is -0.426 e. The van der Waals surface area contributed by atoms with Gasteiger partial charge in [-0.25, -0.2) is 0 Å². The highest BCUT2D eigenvalue weighted by molar-refractivity contribution is 6.74. The Labute approximate surface area is 129 Å². The maximum atomic E-state index is 11.2. The van der Waals surface area contributed by atoms with E-state index in [2.05, 4.69) is 40.4 Å². The van der Waals surface area contributed by atoms with E-state index in [1.54, 1.807) is 12.1 Å². The topological polar surface area (TPSA) is 35.5 Å². The van der Waals surface area contributed by atoms with Gasteiger partial charge in [-0.2, -0.15) is 0 Å². The summed E-state index contributed by atoms with van der Waals surface area (Å²) in [5.41, 5.74) is 1.87. The van der Waals surface area contributed by atoms with Gasteiger partial charge in [-0.15, -0.1) is 0 Å². The molecule has 0 aliphatic rings. The SMILES string of the molecule is C=Cc1ccc(OC(C)=O)c(CO[Si](C)(C)C(C)(C)C)c1. The van der Waals surface area contributed by atoms with Crippen LogP contribution in [0.5, 0.6) is 5.75 Å². The number of benzene rings is 1. The van der Waals surface area contributed by atoms with Crippen molar-refractivity contribution in [2.24, 2.45) is 0 Å². The maximum Gasteiger partial charge on any atom is 0.308 e. The predicted octanol–water partition coefficient (Wildman–Crippen LogP) is 4.78. The van der Waals surface area contributed by atoms with E-state index in [1.807, 2.05) is 12.1 Å². The summed E-state index contributed by atoms with van der Waals surface area (Å²) in [6, 6.07) is 5.63. The normalized spacial score (nSPS) is 12.1. The van der Waals surface area contributed by atoms with Crippen molar-refractivity contribution in [2.75, 3.05) is 0 Å². The van der Waals surface area contributed by atoms with Crippen molar-refractivity contribution in [3.8, 4) is 5.75 Å². The lowest BCUT2D eigenvalue weighted by atomic mass is 10.1. The number of rotatable bonds is 5. The first-order valence-electron chi connectivity index (χ1n) is 7.14. The van der Waals surface area contributed by atoms with Crippen LogP contribution in [0.1, 0.15) is 38.8 Å². The van der Waals surface area contributed by atoms with Crippen LogP contribution in [0, 0.1) is 0 Å². The molecule has 0 aliphatic carbocycles. The summed E-state index contributed by atoms with van der Waals surface area (Å²) in [6.07, 6.45) is 1.77. The molecule has 0 N–H and O–H groups in total. The third-order valence-electron chi connectivity index (χ3n) is 3.97. The van der Waals surface area contributed by atoms with Gasteiger partial charge in [0.1, 0.15) is 5.75 Å². The maximum absolute atomic E-state index is 11.2. The Hall–Kier alpha value is -1.39. The molecular weight excluding hydrogens is 280 g/mol. The van der Waals surface area contributed by atoms with Crippen molar-refractivity contribution >= 4 is 20.4 Å². The van der Waals surface area contributed by atoms with Crippen LogP contribution in [0.2, 0.25) is 18.1 Å². The third kappa shape index (κ3) is 4.83. The van der Waals surface area contributed by atoms with Crippen LogP contribution in [0.15, 0.2) is 24.8 Å². The van der Waals surface area contributed by atoms with Gasteiger partial charge in [-0.1, -0.05) is 39.5 Å². The first kappa shape index (κ1) is 17.7. The first-order valence-corrected chi connectivity index (χ1v) is 10.1. The van der Waals surface area contributed by atoms with Gasteiger partial charge in [0, 0.05) is 12.5 Å². The summed E-state index contributed by atoms with van der Waals surface area (Å²) in [5.74, 6) is 0.238. The third-order valence-corrected chi connectivity index (χ3v) is 8.45. The smallest absolute Gasteiger partial charge is 0.308 e. The highest BCUT2D eigenvalue weighted by Gasteiger charge is 2.37. The molecule has 0 spiro atoms. The van der Waals surface area contributed by atoms with Gasteiger partial charge in [-0.05, 0) is 35.8 Å². The molecule has 1 rings (SSSR count). The molecule has 0 radical (unpaired) electrons. The number of esters is 1. The van der Waals surface area contributed by atoms with Crippen LogP contribution in [0.4, 0.5) is 0 Å². The molecule has 4 heteroatoms. The largest absolute Gasteiger partial charge is 0.426 e. The minimum atomic E-state index is -1.84. The second kappa shape index (κ2) is 6.58. The first-order chi connectivity index (χ1) is 9.56. The fourth-order valence-electron chi connectivity index (χ4n) is 1.57. The molecule has 116 valence electrons. The molecule has 0 heterocycles. The van der Waals surface area contributed by atoms with E-state index in [0.29, 0.717) is 12.4 Å². The van der Waals surface area contributed by atoms with Gasteiger partial charge in [0.05, 0.1) is 6.61 Å². The zero-order chi connectivity index (χ0) is 16.3. The number of carbonyl (C=O) groups excluding carboxylic acids is 1. The van der Waals surface area contributed by atoms with Crippen LogP contribution >= 0.6 is 0 Å². The van der Waals surface area contributed by atoms with Gasteiger partial charge in [0.2, 0.25) is 0 Å². The van der Waals surface area contributed by atoms with Crippen molar-refractivity contribution in [3.63, 3.8) is 0 Å². The molecule has 0 saturated carbocycles. The quantitative estimate of drug-likeness (QED) is 0.446. The molecule has 0 unspecified atom stereocenters. The molecule has 0 aromatic heterocycles. The average Bonchev–Trinajstić information content (AvgIpc) is 2.35. The molecule has 0 aliphatic heterocycles. The highest BCUT2D eigenvalue weighted by Crippen LogP contribution is 2.37. The summed E-state index contributed by atoms with van der Waals surface area (Å²) in [7, 11) is -1.84. The van der Waals surface area contributed by atoms with E-state index in [9.17, 15) is 4.79 Å². The molecule has 0 fully saturated rings. The van der Waals surface area contributed by atoms with E-state index in [4.69, 9.17) is 9.16 Å². The summed E-state index contributed by atoms with van der Waals surface area (Å²) >= 11 is 0. The molecular formula is C17H26O3Si. The zero-order valence-electron chi connectivity index (χ0n) is 13.9. The summed E-state index contributed by atoms with van der Waals surface area (Å²) in [4.78, 5) is 11.2. The van der Waals surface area contributed by atoms with E-state index in [-0.39, 0.29) is 11.0 Å². The van der Waals surface area contributed by atoms with Crippen molar-refractivity contribution < 1.29 is 14.0 Å². The Kier molecular flexibility index (Phi) is 5.53. The molecule has 1 aromatic rings. The van der Waals surface area contributed by atoms with Gasteiger partial charge < -0.3 is 9.16 Å². The summed E-state index contributed by atoms with van der Waals surface area (Å²) in [6.45, 7) is 16.6. The lowest BCUT2D eigenvalue weighted by Gasteiger charge is -2.36. The summed E-state index contributed by atoms with van der Waals surface area (Å²) in [5, 5.41) is 0.143. The Bertz CT molecular complexity index is 527. The second-order valence-corrected chi connectivity index (χ2v) is 11.5. The van der Waals surface area contributed by atoms with E-state index < -0.39 is 8.32 Å². The van der Waals surface area contributed by atoms with Crippen molar-refractivity contribution in [1.82, 2.24) is 0 Å². The van der Waals surface area contributed by atoms with Crippen molar-refractivity contribution in [3.05, 3.63) is 35.9 Å². The monoisotopic (exact) mass is 306 g/mol. The molecule has 21 heavy (non-hydrogen) atoms. The Balaban J connectivity index is 3.00. The van der Waals surface area contributed by atoms with Gasteiger partial charge in [-0.3, -0.25) is 4.79 Å². The summed E-state index contributed by atoms with van der Waals surface area (Å²) < 4.78 is 11.5. The van der Waals surface area contributed by atoms with Gasteiger partial charge in [0.25, 0.3) is 0 Å². The average molecular weight is 306 g/mol. The van der Waals surface area contributed by atoms with E-state index in [0.717, 1.165) is 11.1 Å². The number of hydrogen-bond donors (Lipinski definition) is 0. The second-order valence-electron chi connectivity index (χ2n) is 6.71. The standard InChI is InChI=1S/C17H26O3Si/c1-8-14-9-10-16(20-13(2)18)15(11-14)12-19-21(6,7)17(3,4)5/h8-11H,1,12H2,2-7H3. The molecule has 0 amide bonds. The van der Waals surface area contributed by atoms with Crippen molar-refractivity contribution in [1.29, 1.82) is 0 Å². The molecule has 0 bridgehead atoms. The molecule has 0 saturated heterocycles. The number of carbonyl (C=O) groups is 1. The predicted molar refractivity (Wildman–Crippen MR) is 89.8 cm³/mol. The lowest BCUT2D eigenvalue weighted by Crippen LogP contribution is -2.40. The molecule has 1 aromatic carbocycles. The van der Waals surface area contributed by atoms with Crippen LogP contribution in [0.25, 0.3) is 6.08 Å². The minimum absolute atomic E-state index is 0.143. The van der Waals surface area contributed by atoms with E-state index in [1.165, 1.54) is 6.92 Å². The van der Waals surface area contributed by atoms with Gasteiger partial charge in [0.15, 0.2) is 8.32 Å². The number of ether oxygens (including phenoxy) is 1. The molecule has 0 atom stereocenters. The Morgan fingerprint density at radius 2 is 1.95 bits per heavy atom. The van der Waals surface area contributed by atoms with Crippen LogP contribution in [0.3, 0.4) is 0 Å². The van der Waals surface area contributed by atoms with Crippen LogP contribution in [-0.2, 0) is 15.8 Å². The highest BCUT2D eigenvalue weighted by atomic mass is 28.4. The lowest BCUT2D eigenvalue weighted by molar-refractivity contribution is -0.131. The van der Waals surface area contributed by atoms with Gasteiger partial charge >= 0.3 is 5.97 Å². The fourth-order valence-corrected chi connectivity index (χ4v) is 2.52. The Morgan fingerprint density at radius 3 is 2.43 bits per heavy atom. The Morgan fingerprint density at radius 1 is 1.33 bits per heavy atom. The van der Waals surface area contributed by atoms with Crippen LogP contribution in [-0.4, -0.2) is 14.3 Å². The van der Waals surface area contributed by atoms with Crippen molar-refractivity contribution in [2.45, 2.75) is 52.4 Å². The zero-order valence-corrected chi connectivity index (χ0v) is 14.9. The fraction of sp³-hybridized carbons (Fsp3) is 0.471. The number of hydrogen-bond acceptors (Lipinski definition) is 3. The molecule has 3 nitrogen and oxygen atoms in total.